The van der Waals surface area contributed by atoms with Crippen molar-refractivity contribution < 1.29 is 19.4 Å². The molecule has 1 aliphatic rings. The van der Waals surface area contributed by atoms with Crippen LogP contribution in [0.25, 0.3) is 0 Å². The molecule has 1 saturated carbocycles. The van der Waals surface area contributed by atoms with E-state index >= 15 is 0 Å². The quantitative estimate of drug-likeness (QED) is 0.438. The van der Waals surface area contributed by atoms with Gasteiger partial charge in [0.1, 0.15) is 6.61 Å². The van der Waals surface area contributed by atoms with Crippen LogP contribution in [0.15, 0.2) is 12.7 Å². The highest BCUT2D eigenvalue weighted by atomic mass is 16.5. The fourth-order valence-corrected chi connectivity index (χ4v) is 1.93. The molecule has 0 aliphatic heterocycles. The van der Waals surface area contributed by atoms with Gasteiger partial charge >= 0.3 is 11.9 Å². The number of aliphatic carboxylic acids is 1. The molecular weight excluding hydrogens is 196 g/mol. The Bertz CT molecular complexity index is 264. The van der Waals surface area contributed by atoms with Crippen LogP contribution in [-0.4, -0.2) is 23.7 Å². The molecule has 1 aliphatic carbocycles. The Morgan fingerprint density at radius 2 is 1.93 bits per heavy atom. The van der Waals surface area contributed by atoms with E-state index in [0.717, 1.165) is 19.3 Å². The Morgan fingerprint density at radius 3 is 2.40 bits per heavy atom. The van der Waals surface area contributed by atoms with Crippen molar-refractivity contribution in [3.63, 3.8) is 0 Å². The Hall–Kier alpha value is -1.32. The SMILES string of the molecule is C=CCOC(=O)C1(C(=O)O)CCCCC1. The van der Waals surface area contributed by atoms with E-state index in [9.17, 15) is 9.59 Å². The van der Waals surface area contributed by atoms with E-state index in [1.165, 1.54) is 6.08 Å². The van der Waals surface area contributed by atoms with Crippen molar-refractivity contribution in [2.75, 3.05) is 6.61 Å². The second-order valence-corrected chi connectivity index (χ2v) is 3.84. The first-order valence-corrected chi connectivity index (χ1v) is 5.15. The molecule has 0 radical (unpaired) electrons. The molecule has 84 valence electrons. The molecular formula is C11H16O4. The number of esters is 1. The number of rotatable bonds is 4. The predicted molar refractivity (Wildman–Crippen MR) is 54.3 cm³/mol. The fraction of sp³-hybridized carbons (Fsp3) is 0.636. The van der Waals surface area contributed by atoms with E-state index in [2.05, 4.69) is 6.58 Å². The highest BCUT2D eigenvalue weighted by Gasteiger charge is 2.48. The normalized spacial score (nSPS) is 19.2. The summed E-state index contributed by atoms with van der Waals surface area (Å²) in [5.41, 5.74) is -1.30. The van der Waals surface area contributed by atoms with Gasteiger partial charge in [-0.3, -0.25) is 9.59 Å². The zero-order valence-electron chi connectivity index (χ0n) is 8.70. The molecule has 1 rings (SSSR count). The minimum Gasteiger partial charge on any atom is -0.480 e. The zero-order chi connectivity index (χ0) is 11.3. The van der Waals surface area contributed by atoms with E-state index in [0.29, 0.717) is 12.8 Å². The molecule has 0 aromatic rings. The summed E-state index contributed by atoms with van der Waals surface area (Å²) < 4.78 is 4.86. The van der Waals surface area contributed by atoms with Crippen LogP contribution < -0.4 is 0 Å². The van der Waals surface area contributed by atoms with Crippen molar-refractivity contribution in [2.45, 2.75) is 32.1 Å². The van der Waals surface area contributed by atoms with Crippen LogP contribution in [0.3, 0.4) is 0 Å². The third kappa shape index (κ3) is 2.37. The van der Waals surface area contributed by atoms with Gasteiger partial charge in [-0.25, -0.2) is 0 Å². The van der Waals surface area contributed by atoms with Gasteiger partial charge < -0.3 is 9.84 Å². The van der Waals surface area contributed by atoms with Crippen LogP contribution in [0.1, 0.15) is 32.1 Å². The first-order valence-electron chi connectivity index (χ1n) is 5.15. The van der Waals surface area contributed by atoms with Crippen molar-refractivity contribution in [1.29, 1.82) is 0 Å². The van der Waals surface area contributed by atoms with Gasteiger partial charge in [0.05, 0.1) is 0 Å². The van der Waals surface area contributed by atoms with Crippen molar-refractivity contribution >= 4 is 11.9 Å². The molecule has 1 N–H and O–H groups in total. The number of carboxylic acid groups (broad SMARTS) is 1. The monoisotopic (exact) mass is 212 g/mol. The van der Waals surface area contributed by atoms with Gasteiger partial charge in [0, 0.05) is 0 Å². The van der Waals surface area contributed by atoms with E-state index in [1.807, 2.05) is 0 Å². The maximum Gasteiger partial charge on any atom is 0.323 e. The number of ether oxygens (including phenoxy) is 1. The van der Waals surface area contributed by atoms with E-state index in [-0.39, 0.29) is 6.61 Å². The Morgan fingerprint density at radius 1 is 1.33 bits per heavy atom. The van der Waals surface area contributed by atoms with E-state index in [4.69, 9.17) is 9.84 Å². The van der Waals surface area contributed by atoms with Crippen LogP contribution in [0, 0.1) is 5.41 Å². The molecule has 1 fully saturated rings. The smallest absolute Gasteiger partial charge is 0.323 e. The average Bonchev–Trinajstić information content (AvgIpc) is 2.26. The van der Waals surface area contributed by atoms with E-state index < -0.39 is 17.4 Å². The third-order valence-electron chi connectivity index (χ3n) is 2.84. The molecule has 0 bridgehead atoms. The fourth-order valence-electron chi connectivity index (χ4n) is 1.93. The van der Waals surface area contributed by atoms with Crippen molar-refractivity contribution in [3.05, 3.63) is 12.7 Å². The topological polar surface area (TPSA) is 63.6 Å². The molecule has 4 heteroatoms. The molecule has 0 amide bonds. The Kier molecular flexibility index (Phi) is 3.88. The summed E-state index contributed by atoms with van der Waals surface area (Å²) in [5, 5.41) is 9.13. The van der Waals surface area contributed by atoms with Gasteiger partial charge in [-0.15, -0.1) is 0 Å². The average molecular weight is 212 g/mol. The van der Waals surface area contributed by atoms with Gasteiger partial charge in [-0.1, -0.05) is 31.9 Å². The van der Waals surface area contributed by atoms with Crippen LogP contribution in [0.4, 0.5) is 0 Å². The number of hydrogen-bond acceptors (Lipinski definition) is 3. The summed E-state index contributed by atoms with van der Waals surface area (Å²) in [6, 6.07) is 0. The molecule has 0 unspecified atom stereocenters. The molecule has 15 heavy (non-hydrogen) atoms. The van der Waals surface area contributed by atoms with E-state index in [1.54, 1.807) is 0 Å². The second-order valence-electron chi connectivity index (χ2n) is 3.84. The molecule has 4 nitrogen and oxygen atoms in total. The molecule has 0 heterocycles. The summed E-state index contributed by atoms with van der Waals surface area (Å²) in [4.78, 5) is 22.8. The lowest BCUT2D eigenvalue weighted by Gasteiger charge is -2.30. The van der Waals surface area contributed by atoms with Crippen LogP contribution in [0.2, 0.25) is 0 Å². The molecule has 0 aromatic heterocycles. The van der Waals surface area contributed by atoms with Gasteiger partial charge in [-0.2, -0.15) is 0 Å². The number of hydrogen-bond donors (Lipinski definition) is 1. The molecule has 0 aromatic carbocycles. The highest BCUT2D eigenvalue weighted by molar-refractivity contribution is 5.99. The summed E-state index contributed by atoms with van der Waals surface area (Å²) in [6.45, 7) is 3.50. The standard InChI is InChI=1S/C11H16O4/c1-2-8-15-10(14)11(9(12)13)6-4-3-5-7-11/h2H,1,3-8H2,(H,12,13). The molecule has 0 atom stereocenters. The first kappa shape index (κ1) is 11.8. The largest absolute Gasteiger partial charge is 0.480 e. The van der Waals surface area contributed by atoms with Gasteiger partial charge in [-0.05, 0) is 12.8 Å². The van der Waals surface area contributed by atoms with Crippen molar-refractivity contribution in [2.24, 2.45) is 5.41 Å². The molecule has 0 spiro atoms. The maximum absolute atomic E-state index is 11.7. The minimum absolute atomic E-state index is 0.0772. The van der Waals surface area contributed by atoms with Crippen LogP contribution in [0.5, 0.6) is 0 Å². The van der Waals surface area contributed by atoms with Gasteiger partial charge in [0.2, 0.25) is 0 Å². The van der Waals surface area contributed by atoms with Crippen LogP contribution >= 0.6 is 0 Å². The van der Waals surface area contributed by atoms with Gasteiger partial charge in [0.15, 0.2) is 5.41 Å². The lowest BCUT2D eigenvalue weighted by Crippen LogP contribution is -2.42. The minimum atomic E-state index is -1.30. The number of carbonyl (C=O) groups excluding carboxylic acids is 1. The Balaban J connectivity index is 2.75. The van der Waals surface area contributed by atoms with Crippen molar-refractivity contribution in [1.82, 2.24) is 0 Å². The maximum atomic E-state index is 11.7. The van der Waals surface area contributed by atoms with Gasteiger partial charge in [0.25, 0.3) is 0 Å². The van der Waals surface area contributed by atoms with Crippen molar-refractivity contribution in [3.8, 4) is 0 Å². The lowest BCUT2D eigenvalue weighted by molar-refractivity contribution is -0.170. The highest BCUT2D eigenvalue weighted by Crippen LogP contribution is 2.37. The lowest BCUT2D eigenvalue weighted by atomic mass is 9.74. The first-order chi connectivity index (χ1) is 7.13. The summed E-state index contributed by atoms with van der Waals surface area (Å²) in [7, 11) is 0. The third-order valence-corrected chi connectivity index (χ3v) is 2.84. The summed E-state index contributed by atoms with van der Waals surface area (Å²) in [6.07, 6.45) is 4.75. The number of carbonyl (C=O) groups is 2. The zero-order valence-corrected chi connectivity index (χ0v) is 8.70. The summed E-state index contributed by atoms with van der Waals surface area (Å²) >= 11 is 0. The summed E-state index contributed by atoms with van der Waals surface area (Å²) in [5.74, 6) is -1.68. The second kappa shape index (κ2) is 4.96. The predicted octanol–water partition coefficient (Wildman–Crippen LogP) is 1.75. The van der Waals surface area contributed by atoms with Crippen LogP contribution in [-0.2, 0) is 14.3 Å². The Labute approximate surface area is 88.9 Å². The molecule has 0 saturated heterocycles. The number of carboxylic acids is 1.